The summed E-state index contributed by atoms with van der Waals surface area (Å²) in [5, 5.41) is 11.5. The van der Waals surface area contributed by atoms with E-state index in [9.17, 15) is 4.79 Å². The molecule has 0 saturated heterocycles. The molecule has 0 N–H and O–H groups in total. The molecular weight excluding hydrogens is 304 g/mol. The van der Waals surface area contributed by atoms with Gasteiger partial charge in [-0.3, -0.25) is 0 Å². The summed E-state index contributed by atoms with van der Waals surface area (Å²) in [5.41, 5.74) is 1.94. The molecule has 22 heavy (non-hydrogen) atoms. The van der Waals surface area contributed by atoms with Crippen LogP contribution in [0.4, 0.5) is 0 Å². The van der Waals surface area contributed by atoms with Gasteiger partial charge in [0.2, 0.25) is 0 Å². The van der Waals surface area contributed by atoms with Crippen LogP contribution in [0.3, 0.4) is 0 Å². The lowest BCUT2D eigenvalue weighted by Gasteiger charge is -2.06. The Bertz CT molecular complexity index is 790. The zero-order valence-corrected chi connectivity index (χ0v) is 12.1. The van der Waals surface area contributed by atoms with Crippen LogP contribution in [-0.4, -0.2) is 26.2 Å². The van der Waals surface area contributed by atoms with Gasteiger partial charge in [-0.05, 0) is 46.3 Å². The largest absolute Gasteiger partial charge is 0.457 e. The molecule has 0 aliphatic heterocycles. The zero-order valence-electron chi connectivity index (χ0n) is 11.4. The fourth-order valence-electron chi connectivity index (χ4n) is 1.91. The van der Waals surface area contributed by atoms with Crippen molar-refractivity contribution < 1.29 is 9.53 Å². The second kappa shape index (κ2) is 6.36. The second-order valence-corrected chi connectivity index (χ2v) is 4.95. The first kappa shape index (κ1) is 14.2. The Morgan fingerprint density at radius 2 is 2.05 bits per heavy atom. The maximum atomic E-state index is 12.1. The van der Waals surface area contributed by atoms with Crippen LogP contribution in [0.2, 0.25) is 5.02 Å². The summed E-state index contributed by atoms with van der Waals surface area (Å²) in [6.07, 6.45) is 1.45. The summed E-state index contributed by atoms with van der Waals surface area (Å²) in [7, 11) is 0. The Labute approximate surface area is 131 Å². The monoisotopic (exact) mass is 314 g/mol. The highest BCUT2D eigenvalue weighted by molar-refractivity contribution is 6.30. The van der Waals surface area contributed by atoms with Gasteiger partial charge in [-0.1, -0.05) is 29.8 Å². The summed E-state index contributed by atoms with van der Waals surface area (Å²) >= 11 is 5.89. The van der Waals surface area contributed by atoms with Crippen molar-refractivity contribution in [3.8, 4) is 5.69 Å². The van der Waals surface area contributed by atoms with Crippen molar-refractivity contribution in [2.75, 3.05) is 0 Å². The Morgan fingerprint density at radius 1 is 1.18 bits per heavy atom. The van der Waals surface area contributed by atoms with Gasteiger partial charge in [-0.15, -0.1) is 5.10 Å². The molecule has 0 spiro atoms. The summed E-state index contributed by atoms with van der Waals surface area (Å²) in [4.78, 5) is 12.1. The Morgan fingerprint density at radius 3 is 2.82 bits per heavy atom. The molecule has 0 aliphatic carbocycles. The van der Waals surface area contributed by atoms with E-state index in [0.29, 0.717) is 16.3 Å². The quantitative estimate of drug-likeness (QED) is 0.692. The smallest absolute Gasteiger partial charge is 0.338 e. The second-order valence-electron chi connectivity index (χ2n) is 4.51. The Balaban J connectivity index is 1.71. The molecule has 7 heteroatoms. The van der Waals surface area contributed by atoms with Crippen molar-refractivity contribution in [3.63, 3.8) is 0 Å². The van der Waals surface area contributed by atoms with Crippen LogP contribution >= 0.6 is 11.6 Å². The average Bonchev–Trinajstić information content (AvgIpc) is 3.07. The lowest BCUT2D eigenvalue weighted by molar-refractivity contribution is 0.0472. The SMILES string of the molecule is O=C(OCc1cccc(Cl)c1)c1cccc(-n2cnnn2)c1. The van der Waals surface area contributed by atoms with Gasteiger partial charge in [-0.2, -0.15) is 0 Å². The van der Waals surface area contributed by atoms with E-state index in [1.807, 2.05) is 12.1 Å². The highest BCUT2D eigenvalue weighted by Gasteiger charge is 2.09. The standard InChI is InChI=1S/C15H11ClN4O2/c16-13-5-1-3-11(7-13)9-22-15(21)12-4-2-6-14(8-12)20-10-17-18-19-20/h1-8,10H,9H2. The lowest BCUT2D eigenvalue weighted by Crippen LogP contribution is -2.06. The zero-order chi connectivity index (χ0) is 15.4. The number of hydrogen-bond donors (Lipinski definition) is 0. The number of esters is 1. The molecule has 110 valence electrons. The molecule has 6 nitrogen and oxygen atoms in total. The molecule has 3 aromatic rings. The van der Waals surface area contributed by atoms with Crippen LogP contribution in [0.15, 0.2) is 54.9 Å². The predicted molar refractivity (Wildman–Crippen MR) is 79.7 cm³/mol. The molecule has 0 atom stereocenters. The molecule has 0 unspecified atom stereocenters. The van der Waals surface area contributed by atoms with Gasteiger partial charge < -0.3 is 4.74 Å². The highest BCUT2D eigenvalue weighted by atomic mass is 35.5. The van der Waals surface area contributed by atoms with Gasteiger partial charge >= 0.3 is 5.97 Å². The van der Waals surface area contributed by atoms with E-state index >= 15 is 0 Å². The van der Waals surface area contributed by atoms with Crippen LogP contribution in [0, 0.1) is 0 Å². The molecule has 0 amide bonds. The summed E-state index contributed by atoms with van der Waals surface area (Å²) in [6.45, 7) is 0.161. The van der Waals surface area contributed by atoms with Crippen molar-refractivity contribution in [2.45, 2.75) is 6.61 Å². The molecule has 0 radical (unpaired) electrons. The molecule has 0 bridgehead atoms. The molecule has 1 aromatic heterocycles. The minimum atomic E-state index is -0.421. The number of nitrogens with zero attached hydrogens (tertiary/aromatic N) is 4. The molecule has 0 aliphatic rings. The summed E-state index contributed by atoms with van der Waals surface area (Å²) in [6, 6.07) is 14.1. The Hall–Kier alpha value is -2.73. The summed E-state index contributed by atoms with van der Waals surface area (Å²) < 4.78 is 6.75. The minimum absolute atomic E-state index is 0.161. The van der Waals surface area contributed by atoms with E-state index in [1.165, 1.54) is 11.0 Å². The molecule has 2 aromatic carbocycles. The van der Waals surface area contributed by atoms with Crippen molar-refractivity contribution in [2.24, 2.45) is 0 Å². The molecule has 1 heterocycles. The van der Waals surface area contributed by atoms with Crippen LogP contribution < -0.4 is 0 Å². The number of tetrazole rings is 1. The van der Waals surface area contributed by atoms with Crippen LogP contribution in [-0.2, 0) is 11.3 Å². The van der Waals surface area contributed by atoms with Gasteiger partial charge in [0, 0.05) is 5.02 Å². The maximum Gasteiger partial charge on any atom is 0.338 e. The molecule has 0 saturated carbocycles. The van der Waals surface area contributed by atoms with Crippen molar-refractivity contribution in [3.05, 3.63) is 71.0 Å². The van der Waals surface area contributed by atoms with E-state index in [4.69, 9.17) is 16.3 Å². The maximum absolute atomic E-state index is 12.1. The fraction of sp³-hybridized carbons (Fsp3) is 0.0667. The van der Waals surface area contributed by atoms with E-state index in [0.717, 1.165) is 5.56 Å². The van der Waals surface area contributed by atoms with Gasteiger partial charge in [0.15, 0.2) is 0 Å². The minimum Gasteiger partial charge on any atom is -0.457 e. The Kier molecular flexibility index (Phi) is 4.11. The third kappa shape index (κ3) is 3.29. The van der Waals surface area contributed by atoms with E-state index in [-0.39, 0.29) is 6.61 Å². The lowest BCUT2D eigenvalue weighted by atomic mass is 10.2. The van der Waals surface area contributed by atoms with Crippen molar-refractivity contribution in [1.29, 1.82) is 0 Å². The number of halogens is 1. The number of hydrogen-bond acceptors (Lipinski definition) is 5. The third-order valence-electron chi connectivity index (χ3n) is 2.95. The first-order chi connectivity index (χ1) is 10.7. The first-order valence-electron chi connectivity index (χ1n) is 6.47. The number of rotatable bonds is 4. The van der Waals surface area contributed by atoms with Crippen molar-refractivity contribution in [1.82, 2.24) is 20.2 Å². The number of benzene rings is 2. The van der Waals surface area contributed by atoms with Crippen LogP contribution in [0.1, 0.15) is 15.9 Å². The van der Waals surface area contributed by atoms with E-state index < -0.39 is 5.97 Å². The van der Waals surface area contributed by atoms with Crippen LogP contribution in [0.25, 0.3) is 5.69 Å². The topological polar surface area (TPSA) is 69.9 Å². The average molecular weight is 315 g/mol. The van der Waals surface area contributed by atoms with E-state index in [1.54, 1.807) is 36.4 Å². The van der Waals surface area contributed by atoms with Gasteiger partial charge in [0.25, 0.3) is 0 Å². The van der Waals surface area contributed by atoms with Gasteiger partial charge in [-0.25, -0.2) is 9.48 Å². The number of carbonyl (C=O) groups is 1. The number of carbonyl (C=O) groups excluding carboxylic acids is 1. The first-order valence-corrected chi connectivity index (χ1v) is 6.85. The predicted octanol–water partition coefficient (Wildman–Crippen LogP) is 2.67. The molecular formula is C15H11ClN4O2. The number of ether oxygens (including phenoxy) is 1. The molecule has 0 fully saturated rings. The van der Waals surface area contributed by atoms with Crippen molar-refractivity contribution >= 4 is 17.6 Å². The fourth-order valence-corrected chi connectivity index (χ4v) is 2.13. The number of aromatic nitrogens is 4. The summed E-state index contributed by atoms with van der Waals surface area (Å²) in [5.74, 6) is -0.421. The van der Waals surface area contributed by atoms with Crippen LogP contribution in [0.5, 0.6) is 0 Å². The van der Waals surface area contributed by atoms with E-state index in [2.05, 4.69) is 15.5 Å². The van der Waals surface area contributed by atoms with Gasteiger partial charge in [0.05, 0.1) is 11.3 Å². The highest BCUT2D eigenvalue weighted by Crippen LogP contribution is 2.14. The third-order valence-corrected chi connectivity index (χ3v) is 3.19. The normalized spacial score (nSPS) is 10.4. The van der Waals surface area contributed by atoms with Gasteiger partial charge in [0.1, 0.15) is 12.9 Å². The molecule has 3 rings (SSSR count).